The van der Waals surface area contributed by atoms with Crippen LogP contribution >= 0.6 is 0 Å². The number of hydrogen-bond acceptors (Lipinski definition) is 4. The Morgan fingerprint density at radius 2 is 2.21 bits per heavy atom. The highest BCUT2D eigenvalue weighted by Crippen LogP contribution is 2.23. The number of hydrogen-bond donors (Lipinski definition) is 2. The molecule has 19 heavy (non-hydrogen) atoms. The van der Waals surface area contributed by atoms with Crippen LogP contribution in [0.3, 0.4) is 0 Å². The summed E-state index contributed by atoms with van der Waals surface area (Å²) < 4.78 is 5.16. The number of amides is 1. The largest absolute Gasteiger partial charge is 0.383 e. The number of nitrogens with two attached hydrogens (primary N) is 1. The quantitative estimate of drug-likeness (QED) is 0.615. The summed E-state index contributed by atoms with van der Waals surface area (Å²) in [4.78, 5) is 14.1. The molecule has 2 atom stereocenters. The Kier molecular flexibility index (Phi) is 6.23. The van der Waals surface area contributed by atoms with Crippen LogP contribution < -0.4 is 11.1 Å². The molecule has 112 valence electrons. The molecule has 1 rings (SSSR count). The third kappa shape index (κ3) is 5.09. The second-order valence-corrected chi connectivity index (χ2v) is 5.84. The van der Waals surface area contributed by atoms with Crippen molar-refractivity contribution in [3.05, 3.63) is 0 Å². The number of ether oxygens (including phenoxy) is 1. The molecule has 2 unspecified atom stereocenters. The fourth-order valence-corrected chi connectivity index (χ4v) is 2.20. The number of rotatable bonds is 10. The highest BCUT2D eigenvalue weighted by molar-refractivity contribution is 5.84. The van der Waals surface area contributed by atoms with E-state index >= 15 is 0 Å². The molecule has 1 fully saturated rings. The number of carbonyl (C=O) groups is 1. The second-order valence-electron chi connectivity index (χ2n) is 5.84. The van der Waals surface area contributed by atoms with E-state index in [9.17, 15) is 4.79 Å². The van der Waals surface area contributed by atoms with Gasteiger partial charge in [0.25, 0.3) is 0 Å². The maximum atomic E-state index is 11.8. The molecule has 1 aliphatic carbocycles. The molecule has 0 saturated heterocycles. The van der Waals surface area contributed by atoms with Crippen molar-refractivity contribution in [3.63, 3.8) is 0 Å². The normalized spacial score (nSPS) is 20.3. The molecule has 0 aliphatic heterocycles. The topological polar surface area (TPSA) is 67.6 Å². The first kappa shape index (κ1) is 16.4. The Morgan fingerprint density at radius 3 is 2.63 bits per heavy atom. The van der Waals surface area contributed by atoms with Crippen LogP contribution in [-0.4, -0.2) is 55.2 Å². The minimum absolute atomic E-state index is 0.273. The minimum atomic E-state index is -0.654. The first-order valence-corrected chi connectivity index (χ1v) is 7.23. The summed E-state index contributed by atoms with van der Waals surface area (Å²) in [7, 11) is 1.70. The third-order valence-electron chi connectivity index (χ3n) is 3.96. The molecule has 0 radical (unpaired) electrons. The Morgan fingerprint density at radius 1 is 1.58 bits per heavy atom. The highest BCUT2D eigenvalue weighted by atomic mass is 16.5. The smallest absolute Gasteiger partial charge is 0.238 e. The lowest BCUT2D eigenvalue weighted by Gasteiger charge is -2.37. The molecular formula is C14H29N3O2. The molecule has 0 aromatic heterocycles. The zero-order valence-electron chi connectivity index (χ0n) is 12.7. The molecular weight excluding hydrogens is 242 g/mol. The summed E-state index contributed by atoms with van der Waals surface area (Å²) in [6, 6.07) is 0.869. The average Bonchev–Trinajstić information content (AvgIpc) is 3.17. The lowest BCUT2D eigenvalue weighted by atomic mass is 9.99. The van der Waals surface area contributed by atoms with E-state index in [-0.39, 0.29) is 5.91 Å². The van der Waals surface area contributed by atoms with Crippen LogP contribution in [0.5, 0.6) is 0 Å². The number of methoxy groups -OCH3 is 1. The lowest BCUT2D eigenvalue weighted by Crippen LogP contribution is -2.61. The molecule has 0 heterocycles. The van der Waals surface area contributed by atoms with Crippen LogP contribution in [0.2, 0.25) is 0 Å². The van der Waals surface area contributed by atoms with Gasteiger partial charge < -0.3 is 10.5 Å². The maximum absolute atomic E-state index is 11.8. The average molecular weight is 271 g/mol. The van der Waals surface area contributed by atoms with E-state index in [1.54, 1.807) is 7.11 Å². The van der Waals surface area contributed by atoms with Gasteiger partial charge in [-0.2, -0.15) is 0 Å². The molecule has 0 aromatic rings. The van der Waals surface area contributed by atoms with Crippen LogP contribution in [-0.2, 0) is 9.53 Å². The van der Waals surface area contributed by atoms with Crippen molar-refractivity contribution in [2.75, 3.05) is 26.8 Å². The van der Waals surface area contributed by atoms with E-state index in [1.807, 2.05) is 6.92 Å². The van der Waals surface area contributed by atoms with Gasteiger partial charge in [-0.3, -0.25) is 15.0 Å². The van der Waals surface area contributed by atoms with Gasteiger partial charge in [-0.1, -0.05) is 6.92 Å². The van der Waals surface area contributed by atoms with E-state index in [2.05, 4.69) is 24.1 Å². The summed E-state index contributed by atoms with van der Waals surface area (Å²) >= 11 is 0. The fraction of sp³-hybridized carbons (Fsp3) is 0.929. The van der Waals surface area contributed by atoms with Gasteiger partial charge in [0.1, 0.15) is 5.54 Å². The summed E-state index contributed by atoms with van der Waals surface area (Å²) in [6.07, 6.45) is 3.33. The number of primary amides is 1. The minimum Gasteiger partial charge on any atom is -0.383 e. The van der Waals surface area contributed by atoms with Gasteiger partial charge in [-0.15, -0.1) is 0 Å². The molecule has 1 aliphatic rings. The monoisotopic (exact) mass is 271 g/mol. The van der Waals surface area contributed by atoms with Gasteiger partial charge in [0.05, 0.1) is 6.61 Å². The van der Waals surface area contributed by atoms with Crippen LogP contribution in [0.4, 0.5) is 0 Å². The third-order valence-corrected chi connectivity index (χ3v) is 3.96. The molecule has 3 N–H and O–H groups in total. The van der Waals surface area contributed by atoms with Gasteiger partial charge in [0.15, 0.2) is 0 Å². The molecule has 5 heteroatoms. The molecule has 5 nitrogen and oxygen atoms in total. The first-order chi connectivity index (χ1) is 8.92. The Balaban J connectivity index is 2.67. The van der Waals surface area contributed by atoms with Crippen LogP contribution in [0, 0.1) is 0 Å². The highest BCUT2D eigenvalue weighted by Gasteiger charge is 2.38. The Labute approximate surface area is 116 Å². The summed E-state index contributed by atoms with van der Waals surface area (Å²) in [5, 5.41) is 3.40. The summed E-state index contributed by atoms with van der Waals surface area (Å²) in [5.41, 5.74) is 4.95. The Hall–Kier alpha value is -0.650. The SMILES string of the molecule is CCC(C)N(CCOC)CC(C)(NC1CC1)C(N)=O. The van der Waals surface area contributed by atoms with Crippen molar-refractivity contribution < 1.29 is 9.53 Å². The molecule has 0 bridgehead atoms. The predicted octanol–water partition coefficient (Wildman–Crippen LogP) is 0.729. The van der Waals surface area contributed by atoms with Crippen molar-refractivity contribution in [1.29, 1.82) is 0 Å². The van der Waals surface area contributed by atoms with Gasteiger partial charge in [0, 0.05) is 32.3 Å². The number of carbonyl (C=O) groups excluding carboxylic acids is 1. The zero-order chi connectivity index (χ0) is 14.5. The van der Waals surface area contributed by atoms with Crippen LogP contribution in [0.25, 0.3) is 0 Å². The van der Waals surface area contributed by atoms with E-state index in [1.165, 1.54) is 0 Å². The summed E-state index contributed by atoms with van der Waals surface area (Å²) in [5.74, 6) is -0.273. The van der Waals surface area contributed by atoms with Crippen LogP contribution in [0.15, 0.2) is 0 Å². The number of nitrogens with zero attached hydrogens (tertiary/aromatic N) is 1. The number of nitrogens with one attached hydrogen (secondary N) is 1. The predicted molar refractivity (Wildman–Crippen MR) is 77.0 cm³/mol. The van der Waals surface area contributed by atoms with Crippen LogP contribution in [0.1, 0.15) is 40.0 Å². The van der Waals surface area contributed by atoms with E-state index in [0.717, 1.165) is 25.8 Å². The van der Waals surface area contributed by atoms with E-state index in [4.69, 9.17) is 10.5 Å². The molecule has 1 saturated carbocycles. The van der Waals surface area contributed by atoms with Crippen molar-refractivity contribution in [2.24, 2.45) is 5.73 Å². The van der Waals surface area contributed by atoms with E-state index in [0.29, 0.717) is 25.2 Å². The molecule has 0 spiro atoms. The summed E-state index contributed by atoms with van der Waals surface area (Å²) in [6.45, 7) is 8.37. The van der Waals surface area contributed by atoms with Gasteiger partial charge in [0.2, 0.25) is 5.91 Å². The van der Waals surface area contributed by atoms with Gasteiger partial charge >= 0.3 is 0 Å². The fourth-order valence-electron chi connectivity index (χ4n) is 2.20. The zero-order valence-corrected chi connectivity index (χ0v) is 12.7. The first-order valence-electron chi connectivity index (χ1n) is 7.23. The van der Waals surface area contributed by atoms with E-state index < -0.39 is 5.54 Å². The van der Waals surface area contributed by atoms with Crippen molar-refractivity contribution in [3.8, 4) is 0 Å². The van der Waals surface area contributed by atoms with Gasteiger partial charge in [-0.05, 0) is 33.1 Å². The van der Waals surface area contributed by atoms with Crippen molar-refractivity contribution in [2.45, 2.75) is 57.7 Å². The standard InChI is InChI=1S/C14H29N3O2/c1-5-11(2)17(8-9-19-4)10-14(3,13(15)18)16-12-6-7-12/h11-12,16H,5-10H2,1-4H3,(H2,15,18). The van der Waals surface area contributed by atoms with Crippen molar-refractivity contribution >= 4 is 5.91 Å². The lowest BCUT2D eigenvalue weighted by molar-refractivity contribution is -0.125. The Bertz CT molecular complexity index is 294. The molecule has 0 aromatic carbocycles. The molecule has 1 amide bonds. The van der Waals surface area contributed by atoms with Crippen molar-refractivity contribution in [1.82, 2.24) is 10.2 Å². The maximum Gasteiger partial charge on any atom is 0.238 e. The second kappa shape index (κ2) is 7.22. The van der Waals surface area contributed by atoms with Gasteiger partial charge in [-0.25, -0.2) is 0 Å².